The maximum Gasteiger partial charge on any atom is 0.331 e. The molecule has 2 aromatic carbocycles. The number of benzene rings is 2. The van der Waals surface area contributed by atoms with Crippen LogP contribution in [0.15, 0.2) is 54.6 Å². The van der Waals surface area contributed by atoms with Crippen molar-refractivity contribution in [2.24, 2.45) is 0 Å². The molecule has 0 saturated heterocycles. The molecule has 1 N–H and O–H groups in total. The Morgan fingerprint density at radius 2 is 1.96 bits per heavy atom. The highest BCUT2D eigenvalue weighted by atomic mass is 35.5. The summed E-state index contributed by atoms with van der Waals surface area (Å²) in [7, 11) is 0. The van der Waals surface area contributed by atoms with Crippen molar-refractivity contribution < 1.29 is 14.3 Å². The zero-order valence-corrected chi connectivity index (χ0v) is 15.6. The van der Waals surface area contributed by atoms with Crippen LogP contribution in [-0.4, -0.2) is 18.5 Å². The summed E-state index contributed by atoms with van der Waals surface area (Å²) in [6, 6.07) is 14.7. The normalized spacial score (nSPS) is 12.0. The number of amides is 1. The lowest BCUT2D eigenvalue weighted by Gasteiger charge is -2.15. The number of hydrogen-bond donors (Lipinski definition) is 1. The molecule has 136 valence electrons. The largest absolute Gasteiger partial charge is 0.452 e. The van der Waals surface area contributed by atoms with Gasteiger partial charge in [0.15, 0.2) is 6.61 Å². The lowest BCUT2D eigenvalue weighted by Crippen LogP contribution is -2.21. The van der Waals surface area contributed by atoms with Crippen molar-refractivity contribution in [1.29, 1.82) is 0 Å². The van der Waals surface area contributed by atoms with Crippen molar-refractivity contribution in [3.63, 3.8) is 0 Å². The second kappa shape index (κ2) is 9.78. The Kier molecular flexibility index (Phi) is 7.42. The van der Waals surface area contributed by atoms with E-state index in [1.807, 2.05) is 30.3 Å². The van der Waals surface area contributed by atoms with E-state index in [-0.39, 0.29) is 12.5 Å². The van der Waals surface area contributed by atoms with E-state index in [4.69, 9.17) is 16.3 Å². The summed E-state index contributed by atoms with van der Waals surface area (Å²) in [5.41, 5.74) is 2.59. The Morgan fingerprint density at radius 1 is 1.19 bits per heavy atom. The zero-order valence-electron chi connectivity index (χ0n) is 14.9. The maximum absolute atomic E-state index is 12.1. The third-order valence-corrected chi connectivity index (χ3v) is 4.22. The van der Waals surface area contributed by atoms with Crippen LogP contribution in [0.3, 0.4) is 0 Å². The fourth-order valence-electron chi connectivity index (χ4n) is 2.41. The molecule has 0 bridgehead atoms. The minimum Gasteiger partial charge on any atom is -0.452 e. The molecule has 0 saturated carbocycles. The lowest BCUT2D eigenvalue weighted by atomic mass is 9.97. The number of carbonyl (C=O) groups is 2. The molecule has 0 aliphatic rings. The molecule has 0 radical (unpaired) electrons. The van der Waals surface area contributed by atoms with Crippen LogP contribution in [0.25, 0.3) is 6.08 Å². The summed E-state index contributed by atoms with van der Waals surface area (Å²) in [4.78, 5) is 23.8. The zero-order chi connectivity index (χ0) is 18.9. The lowest BCUT2D eigenvalue weighted by molar-refractivity contribution is -0.142. The number of para-hydroxylation sites is 1. The highest BCUT2D eigenvalue weighted by molar-refractivity contribution is 6.30. The molecule has 0 unspecified atom stereocenters. The van der Waals surface area contributed by atoms with Crippen LogP contribution in [0, 0.1) is 0 Å². The first-order valence-corrected chi connectivity index (χ1v) is 8.86. The topological polar surface area (TPSA) is 55.4 Å². The van der Waals surface area contributed by atoms with E-state index in [2.05, 4.69) is 19.2 Å². The van der Waals surface area contributed by atoms with Gasteiger partial charge in [-0.15, -0.1) is 0 Å². The van der Waals surface area contributed by atoms with Crippen LogP contribution in [0.4, 0.5) is 5.69 Å². The Bertz CT molecular complexity index is 801. The van der Waals surface area contributed by atoms with Gasteiger partial charge in [-0.3, -0.25) is 4.79 Å². The highest BCUT2D eigenvalue weighted by Crippen LogP contribution is 2.26. The van der Waals surface area contributed by atoms with Gasteiger partial charge in [0.2, 0.25) is 0 Å². The summed E-state index contributed by atoms with van der Waals surface area (Å²) in [5.74, 6) is -0.629. The van der Waals surface area contributed by atoms with Crippen LogP contribution in [0.5, 0.6) is 0 Å². The van der Waals surface area contributed by atoms with Gasteiger partial charge < -0.3 is 10.1 Å². The van der Waals surface area contributed by atoms with Gasteiger partial charge >= 0.3 is 5.97 Å². The van der Waals surface area contributed by atoms with Gasteiger partial charge in [0, 0.05) is 16.8 Å². The molecule has 0 spiro atoms. The van der Waals surface area contributed by atoms with Crippen LogP contribution in [0.1, 0.15) is 37.3 Å². The molecule has 2 rings (SSSR count). The van der Waals surface area contributed by atoms with Crippen molar-refractivity contribution in [2.45, 2.75) is 26.2 Å². The quantitative estimate of drug-likeness (QED) is 0.547. The second-order valence-electron chi connectivity index (χ2n) is 5.94. The van der Waals surface area contributed by atoms with E-state index >= 15 is 0 Å². The molecule has 4 nitrogen and oxygen atoms in total. The van der Waals surface area contributed by atoms with E-state index < -0.39 is 5.97 Å². The number of nitrogens with one attached hydrogen (secondary N) is 1. The highest BCUT2D eigenvalue weighted by Gasteiger charge is 2.12. The van der Waals surface area contributed by atoms with Gasteiger partial charge in [-0.1, -0.05) is 55.8 Å². The van der Waals surface area contributed by atoms with E-state index in [0.717, 1.165) is 23.2 Å². The van der Waals surface area contributed by atoms with E-state index in [1.165, 1.54) is 6.08 Å². The monoisotopic (exact) mass is 371 g/mol. The smallest absolute Gasteiger partial charge is 0.331 e. The third kappa shape index (κ3) is 6.05. The molecule has 0 aliphatic carbocycles. The Labute approximate surface area is 158 Å². The molecule has 1 atom stereocenters. The van der Waals surface area contributed by atoms with E-state index in [9.17, 15) is 9.59 Å². The Hall–Kier alpha value is -2.59. The average Bonchev–Trinajstić information content (AvgIpc) is 2.64. The third-order valence-electron chi connectivity index (χ3n) is 3.98. The van der Waals surface area contributed by atoms with Crippen molar-refractivity contribution >= 4 is 35.2 Å². The molecule has 26 heavy (non-hydrogen) atoms. The average molecular weight is 372 g/mol. The fraction of sp³-hybridized carbons (Fsp3) is 0.238. The minimum atomic E-state index is -0.588. The SMILES string of the molecule is CC[C@H](C)c1ccccc1NC(=O)COC(=O)/C=C/c1cccc(Cl)c1. The first kappa shape index (κ1) is 19.7. The van der Waals surface area contributed by atoms with Gasteiger partial charge in [-0.2, -0.15) is 0 Å². The minimum absolute atomic E-state index is 0.328. The van der Waals surface area contributed by atoms with Crippen molar-refractivity contribution in [3.05, 3.63) is 70.8 Å². The standard InChI is InChI=1S/C21H22ClNO3/c1-3-15(2)18-9-4-5-10-19(18)23-20(24)14-26-21(25)12-11-16-7-6-8-17(22)13-16/h4-13,15H,3,14H2,1-2H3,(H,23,24)/b12-11+/t15-/m0/s1. The first-order chi connectivity index (χ1) is 12.5. The summed E-state index contributed by atoms with van der Waals surface area (Å²) in [6.07, 6.45) is 3.83. The van der Waals surface area contributed by atoms with Gasteiger partial charge in [0.1, 0.15) is 0 Å². The van der Waals surface area contributed by atoms with E-state index in [0.29, 0.717) is 10.9 Å². The number of carbonyl (C=O) groups excluding carboxylic acids is 2. The second-order valence-corrected chi connectivity index (χ2v) is 6.38. The first-order valence-electron chi connectivity index (χ1n) is 8.48. The summed E-state index contributed by atoms with van der Waals surface area (Å²) in [6.45, 7) is 3.86. The van der Waals surface area contributed by atoms with Gasteiger partial charge in [0.25, 0.3) is 5.91 Å². The molecule has 2 aromatic rings. The number of rotatable bonds is 7. The molecule has 5 heteroatoms. The van der Waals surface area contributed by atoms with Gasteiger partial charge in [-0.05, 0) is 47.7 Å². The van der Waals surface area contributed by atoms with Crippen LogP contribution in [-0.2, 0) is 14.3 Å². The van der Waals surface area contributed by atoms with Crippen molar-refractivity contribution in [1.82, 2.24) is 0 Å². The molecule has 0 fully saturated rings. The Balaban J connectivity index is 1.88. The van der Waals surface area contributed by atoms with Gasteiger partial charge in [0.05, 0.1) is 0 Å². The number of hydrogen-bond acceptors (Lipinski definition) is 3. The van der Waals surface area contributed by atoms with Crippen molar-refractivity contribution in [2.75, 3.05) is 11.9 Å². The van der Waals surface area contributed by atoms with Gasteiger partial charge in [-0.25, -0.2) is 4.79 Å². The molecular weight excluding hydrogens is 350 g/mol. The van der Waals surface area contributed by atoms with Crippen LogP contribution < -0.4 is 5.32 Å². The van der Waals surface area contributed by atoms with Crippen LogP contribution in [0.2, 0.25) is 5.02 Å². The fourth-order valence-corrected chi connectivity index (χ4v) is 2.60. The molecule has 1 amide bonds. The Morgan fingerprint density at radius 3 is 2.69 bits per heavy atom. The molecule has 0 aromatic heterocycles. The number of esters is 1. The summed E-state index contributed by atoms with van der Waals surface area (Å²) < 4.78 is 4.98. The maximum atomic E-state index is 12.1. The summed E-state index contributed by atoms with van der Waals surface area (Å²) in [5, 5.41) is 3.39. The number of halogens is 1. The predicted molar refractivity (Wildman–Crippen MR) is 105 cm³/mol. The molecular formula is C21H22ClNO3. The molecule has 0 aliphatic heterocycles. The number of ether oxygens (including phenoxy) is 1. The van der Waals surface area contributed by atoms with E-state index in [1.54, 1.807) is 24.3 Å². The summed E-state index contributed by atoms with van der Waals surface area (Å²) >= 11 is 5.88. The predicted octanol–water partition coefficient (Wildman–Crippen LogP) is 5.05. The number of anilines is 1. The van der Waals surface area contributed by atoms with Crippen LogP contribution >= 0.6 is 11.6 Å². The van der Waals surface area contributed by atoms with Crippen molar-refractivity contribution in [3.8, 4) is 0 Å². The molecule has 0 heterocycles.